The van der Waals surface area contributed by atoms with Crippen LogP contribution in [0, 0.1) is 12.8 Å². The van der Waals surface area contributed by atoms with Gasteiger partial charge < -0.3 is 4.74 Å². The van der Waals surface area contributed by atoms with Crippen LogP contribution in [-0.2, 0) is 4.74 Å². The Kier molecular flexibility index (Phi) is 8.43. The van der Waals surface area contributed by atoms with Crippen LogP contribution in [0.15, 0.2) is 4.99 Å². The van der Waals surface area contributed by atoms with E-state index in [2.05, 4.69) is 22.9 Å². The second-order valence-corrected chi connectivity index (χ2v) is 0.857. The van der Waals surface area contributed by atoms with Crippen LogP contribution in [0.1, 0.15) is 8.29 Å². The molecule has 0 aliphatic carbocycles. The fourth-order valence-electron chi connectivity index (χ4n) is 0.169. The van der Waals surface area contributed by atoms with Crippen molar-refractivity contribution in [2.24, 2.45) is 4.99 Å². The van der Waals surface area contributed by atoms with Crippen molar-refractivity contribution in [1.29, 1.82) is 0 Å². The first-order chi connectivity index (χ1) is 4.72. The van der Waals surface area contributed by atoms with Crippen LogP contribution in [0.2, 0.25) is 0 Å². The lowest BCUT2D eigenvalue weighted by Crippen LogP contribution is -1.95. The van der Waals surface area contributed by atoms with E-state index in [9.17, 15) is 4.79 Å². The van der Waals surface area contributed by atoms with E-state index in [4.69, 9.17) is 1.37 Å². The molecule has 0 bridgehead atoms. The number of carbonyl (C=O) groups excluding carboxylic acids is 1. The topological polar surface area (TPSA) is 38.7 Å². The SMILES string of the molecule is C=NC(=O)OCC.[2H]C#C. The lowest BCUT2D eigenvalue weighted by atomic mass is 10.9. The molecule has 0 spiro atoms. The van der Waals surface area contributed by atoms with Crippen molar-refractivity contribution in [3.63, 3.8) is 0 Å². The summed E-state index contributed by atoms with van der Waals surface area (Å²) in [5.74, 6) is 0. The Bertz CT molecular complexity index is 139. The highest BCUT2D eigenvalue weighted by atomic mass is 16.5. The van der Waals surface area contributed by atoms with Gasteiger partial charge in [0.05, 0.1) is 6.61 Å². The van der Waals surface area contributed by atoms with E-state index >= 15 is 0 Å². The smallest absolute Gasteiger partial charge is 0.432 e. The van der Waals surface area contributed by atoms with Crippen molar-refractivity contribution in [2.75, 3.05) is 6.61 Å². The molecule has 0 heterocycles. The summed E-state index contributed by atoms with van der Waals surface area (Å²) in [7, 11) is 0. The van der Waals surface area contributed by atoms with E-state index in [0.29, 0.717) is 6.61 Å². The van der Waals surface area contributed by atoms with E-state index in [1.807, 2.05) is 0 Å². The van der Waals surface area contributed by atoms with Gasteiger partial charge in [0, 0.05) is 0 Å². The van der Waals surface area contributed by atoms with Crippen LogP contribution in [0.4, 0.5) is 4.79 Å². The Hall–Kier alpha value is -1.30. The number of aliphatic imine (C=N–C) groups is 1. The van der Waals surface area contributed by atoms with Crippen LogP contribution in [-0.4, -0.2) is 19.4 Å². The molecule has 0 aromatic carbocycles. The van der Waals surface area contributed by atoms with Crippen molar-refractivity contribution in [3.8, 4) is 12.8 Å². The third-order valence-electron chi connectivity index (χ3n) is 0.397. The number of nitrogens with zero attached hydrogens (tertiary/aromatic N) is 1. The summed E-state index contributed by atoms with van der Waals surface area (Å²) >= 11 is 0. The minimum absolute atomic E-state index is 0.359. The lowest BCUT2D eigenvalue weighted by Gasteiger charge is -1.89. The van der Waals surface area contributed by atoms with Gasteiger partial charge in [-0.3, -0.25) is 0 Å². The van der Waals surface area contributed by atoms with Gasteiger partial charge in [0.25, 0.3) is 0 Å². The average Bonchev–Trinajstić information content (AvgIpc) is 1.90. The predicted octanol–water partition coefficient (Wildman–Crippen LogP) is 1.09. The van der Waals surface area contributed by atoms with Crippen molar-refractivity contribution >= 4 is 12.8 Å². The molecule has 0 unspecified atom stereocenters. The number of terminal acetylenes is 1. The Morgan fingerprint density at radius 2 is 2.56 bits per heavy atom. The Morgan fingerprint density at radius 1 is 2.11 bits per heavy atom. The first kappa shape index (κ1) is 7.70. The largest absolute Gasteiger partial charge is 0.448 e. The molecule has 0 aromatic heterocycles. The molecule has 0 aliphatic rings. The van der Waals surface area contributed by atoms with E-state index in [1.165, 1.54) is 6.40 Å². The normalized spacial score (nSPS) is 6.89. The van der Waals surface area contributed by atoms with Crippen molar-refractivity contribution in [1.82, 2.24) is 0 Å². The molecule has 3 heteroatoms. The van der Waals surface area contributed by atoms with E-state index in [1.54, 1.807) is 6.92 Å². The summed E-state index contributed by atoms with van der Waals surface area (Å²) in [5.41, 5.74) is 0. The van der Waals surface area contributed by atoms with Crippen LogP contribution in [0.25, 0.3) is 0 Å². The average molecular weight is 128 g/mol. The molecule has 0 saturated heterocycles. The predicted molar refractivity (Wildman–Crippen MR) is 36.5 cm³/mol. The summed E-state index contributed by atoms with van der Waals surface area (Å²) in [5, 5.41) is 0. The molecule has 0 saturated carbocycles. The Labute approximate surface area is 56.1 Å². The van der Waals surface area contributed by atoms with Crippen molar-refractivity contribution in [3.05, 3.63) is 0 Å². The first-order valence-electron chi connectivity index (χ1n) is 2.73. The van der Waals surface area contributed by atoms with Gasteiger partial charge in [-0.2, -0.15) is 4.99 Å². The van der Waals surface area contributed by atoms with Gasteiger partial charge in [0.2, 0.25) is 0 Å². The van der Waals surface area contributed by atoms with Gasteiger partial charge >= 0.3 is 6.09 Å². The van der Waals surface area contributed by atoms with Gasteiger partial charge in [0.1, 0.15) is 1.37 Å². The number of hydrogen-bond acceptors (Lipinski definition) is 2. The third kappa shape index (κ3) is 10.8. The molecule has 0 fully saturated rings. The zero-order valence-electron chi connectivity index (χ0n) is 6.26. The number of carbonyl (C=O) groups is 1. The van der Waals surface area contributed by atoms with Gasteiger partial charge in [0.15, 0.2) is 0 Å². The zero-order chi connectivity index (χ0) is 8.41. The fourth-order valence-corrected chi connectivity index (χ4v) is 0.169. The molecule has 0 rings (SSSR count). The summed E-state index contributed by atoms with van der Waals surface area (Å²) < 4.78 is 10.1. The molecule has 0 radical (unpaired) electrons. The number of hydrogen-bond donors (Lipinski definition) is 0. The fraction of sp³-hybridized carbons (Fsp3) is 0.333. The molecule has 0 aliphatic heterocycles. The summed E-state index contributed by atoms with van der Waals surface area (Å²) in [6, 6.07) is 0. The minimum Gasteiger partial charge on any atom is -0.448 e. The van der Waals surface area contributed by atoms with Crippen LogP contribution < -0.4 is 0 Å². The summed E-state index contributed by atoms with van der Waals surface area (Å²) in [4.78, 5) is 12.9. The molecule has 0 aromatic rings. The van der Waals surface area contributed by atoms with Gasteiger partial charge in [-0.1, -0.05) is 0 Å². The highest BCUT2D eigenvalue weighted by Gasteiger charge is 1.88. The molecular formula is C6H9NO2. The van der Waals surface area contributed by atoms with Crippen LogP contribution >= 0.6 is 0 Å². The maximum absolute atomic E-state index is 9.96. The molecule has 1 amide bonds. The zero-order valence-corrected chi connectivity index (χ0v) is 5.26. The highest BCUT2D eigenvalue weighted by molar-refractivity contribution is 5.72. The van der Waals surface area contributed by atoms with E-state index in [0.717, 1.165) is 0 Å². The second-order valence-electron chi connectivity index (χ2n) is 0.857. The minimum atomic E-state index is -0.609. The molecule has 0 N–H and O–H groups in total. The maximum atomic E-state index is 9.96. The van der Waals surface area contributed by atoms with Gasteiger partial charge in [-0.15, -0.1) is 12.8 Å². The van der Waals surface area contributed by atoms with Crippen molar-refractivity contribution in [2.45, 2.75) is 6.92 Å². The molecule has 3 nitrogen and oxygen atoms in total. The maximum Gasteiger partial charge on any atom is 0.432 e. The number of rotatable bonds is 1. The monoisotopic (exact) mass is 128 g/mol. The van der Waals surface area contributed by atoms with Gasteiger partial charge in [-0.05, 0) is 13.6 Å². The first-order valence-corrected chi connectivity index (χ1v) is 2.23. The third-order valence-corrected chi connectivity index (χ3v) is 0.397. The van der Waals surface area contributed by atoms with E-state index < -0.39 is 6.09 Å². The quantitative estimate of drug-likeness (QED) is 0.391. The molecule has 9 heavy (non-hydrogen) atoms. The number of ether oxygens (including phenoxy) is 1. The number of amides is 1. The highest BCUT2D eigenvalue weighted by Crippen LogP contribution is 1.77. The van der Waals surface area contributed by atoms with Crippen LogP contribution in [0.5, 0.6) is 0 Å². The second kappa shape index (κ2) is 9.85. The lowest BCUT2D eigenvalue weighted by molar-refractivity contribution is 0.164. The molecule has 0 atom stereocenters. The van der Waals surface area contributed by atoms with Crippen LogP contribution in [0.3, 0.4) is 0 Å². The molecule has 50 valence electrons. The summed E-state index contributed by atoms with van der Waals surface area (Å²) in [6.07, 6.45) is 5.16. The Morgan fingerprint density at radius 3 is 2.67 bits per heavy atom. The Balaban J connectivity index is 0. The van der Waals surface area contributed by atoms with Crippen molar-refractivity contribution < 1.29 is 10.9 Å². The standard InChI is InChI=1S/C4H7NO2.C2H2/c1-3-7-4(6)5-2;1-2/h2-3H2,1H3;1-2H/i;1D. The summed E-state index contributed by atoms with van der Waals surface area (Å²) in [6.45, 7) is 5.03. The van der Waals surface area contributed by atoms with Gasteiger partial charge in [-0.25, -0.2) is 4.79 Å². The van der Waals surface area contributed by atoms with E-state index in [-0.39, 0.29) is 0 Å². The molecular weight excluding hydrogens is 118 g/mol.